The Labute approximate surface area is 129 Å². The molecule has 1 atom stereocenters. The highest BCUT2D eigenvalue weighted by Crippen LogP contribution is 2.24. The first-order chi connectivity index (χ1) is 10.8. The first kappa shape index (κ1) is 13.5. The van der Waals surface area contributed by atoms with Gasteiger partial charge in [0.15, 0.2) is 0 Å². The average molecular weight is 294 g/mol. The normalized spacial score (nSPS) is 20.6. The predicted octanol–water partition coefficient (Wildman–Crippen LogP) is 1.45. The molecule has 1 unspecified atom stereocenters. The second kappa shape index (κ2) is 5.58. The zero-order valence-electron chi connectivity index (χ0n) is 12.4. The zero-order valence-corrected chi connectivity index (χ0v) is 12.4. The van der Waals surface area contributed by atoms with Crippen LogP contribution in [-0.2, 0) is 6.54 Å². The molecule has 0 aliphatic carbocycles. The summed E-state index contributed by atoms with van der Waals surface area (Å²) in [6.45, 7) is 3.83. The molecule has 1 N–H and O–H groups in total. The molecule has 0 saturated carbocycles. The van der Waals surface area contributed by atoms with Gasteiger partial charge in [-0.1, -0.05) is 36.4 Å². The third-order valence-corrected chi connectivity index (χ3v) is 4.60. The molecule has 2 heterocycles. The van der Waals surface area contributed by atoms with Crippen molar-refractivity contribution in [1.82, 2.24) is 10.2 Å². The minimum Gasteiger partial charge on any atom is -0.390 e. The molecule has 1 fully saturated rings. The minimum atomic E-state index is -0.151. The van der Waals surface area contributed by atoms with Gasteiger partial charge in [-0.25, -0.2) is 4.39 Å². The van der Waals surface area contributed by atoms with Gasteiger partial charge in [0.05, 0.1) is 0 Å². The quantitative estimate of drug-likeness (QED) is 0.902. The smallest absolute Gasteiger partial charge is 0.123 e. The van der Waals surface area contributed by atoms with E-state index in [1.54, 1.807) is 6.07 Å². The van der Waals surface area contributed by atoms with Gasteiger partial charge in [-0.2, -0.15) is 0 Å². The van der Waals surface area contributed by atoms with Crippen molar-refractivity contribution < 1.29 is 4.39 Å². The number of benzene rings is 2. The first-order valence-electron chi connectivity index (χ1n) is 7.78. The number of halogens is 1. The Morgan fingerprint density at radius 2 is 2.00 bits per heavy atom. The number of fused-ring (bicyclic) bond motifs is 2. The van der Waals surface area contributed by atoms with Crippen LogP contribution in [0.2, 0.25) is 0 Å². The lowest BCUT2D eigenvalue weighted by atomic mass is 10.0. The summed E-state index contributed by atoms with van der Waals surface area (Å²) in [5, 5.41) is 5.56. The summed E-state index contributed by atoms with van der Waals surface area (Å²) in [6.07, 6.45) is 2.02. The number of hydrogen-bond donors (Lipinski definition) is 1. The van der Waals surface area contributed by atoms with Crippen molar-refractivity contribution in [3.05, 3.63) is 70.3 Å². The first-order valence-corrected chi connectivity index (χ1v) is 7.78. The van der Waals surface area contributed by atoms with E-state index in [1.165, 1.54) is 17.2 Å². The monoisotopic (exact) mass is 294 g/mol. The largest absolute Gasteiger partial charge is 0.390 e. The van der Waals surface area contributed by atoms with Crippen LogP contribution in [0.4, 0.5) is 4.39 Å². The fourth-order valence-electron chi connectivity index (χ4n) is 3.55. The minimum absolute atomic E-state index is 0.151. The van der Waals surface area contributed by atoms with E-state index < -0.39 is 0 Å². The molecule has 112 valence electrons. The molecule has 2 nitrogen and oxygen atoms in total. The van der Waals surface area contributed by atoms with Gasteiger partial charge in [-0.3, -0.25) is 4.90 Å². The van der Waals surface area contributed by atoms with Gasteiger partial charge in [0.2, 0.25) is 0 Å². The topological polar surface area (TPSA) is 15.3 Å². The highest BCUT2D eigenvalue weighted by Gasteiger charge is 2.28. The lowest BCUT2D eigenvalue weighted by Crippen LogP contribution is -2.29. The Balaban J connectivity index is 1.70. The molecule has 2 aromatic carbocycles. The van der Waals surface area contributed by atoms with Crippen molar-refractivity contribution in [2.24, 2.45) is 5.92 Å². The van der Waals surface area contributed by atoms with E-state index in [0.29, 0.717) is 5.92 Å². The second-order valence-corrected chi connectivity index (χ2v) is 6.16. The lowest BCUT2D eigenvalue weighted by molar-refractivity contribution is 0.317. The molecule has 0 amide bonds. The molecule has 2 aliphatic heterocycles. The maximum Gasteiger partial charge on any atom is 0.123 e. The van der Waals surface area contributed by atoms with Gasteiger partial charge in [0.1, 0.15) is 5.82 Å². The molecule has 2 aromatic rings. The van der Waals surface area contributed by atoms with Gasteiger partial charge in [-0.15, -0.1) is 0 Å². The Morgan fingerprint density at radius 1 is 1.14 bits per heavy atom. The lowest BCUT2D eigenvalue weighted by Gasteiger charge is -2.15. The zero-order chi connectivity index (χ0) is 14.9. The van der Waals surface area contributed by atoms with Crippen LogP contribution in [0.5, 0.6) is 0 Å². The number of likely N-dealkylation sites (tertiary alicyclic amines) is 1. The Morgan fingerprint density at radius 3 is 2.86 bits per heavy atom. The Kier molecular flexibility index (Phi) is 3.43. The third-order valence-electron chi connectivity index (χ3n) is 4.60. The van der Waals surface area contributed by atoms with Crippen LogP contribution in [-0.4, -0.2) is 24.5 Å². The molecule has 0 radical (unpaired) electrons. The molecular weight excluding hydrogens is 275 g/mol. The predicted molar refractivity (Wildman–Crippen MR) is 86.7 cm³/mol. The molecule has 22 heavy (non-hydrogen) atoms. The summed E-state index contributed by atoms with van der Waals surface area (Å²) >= 11 is 0. The van der Waals surface area contributed by atoms with Crippen LogP contribution < -0.4 is 15.8 Å². The van der Waals surface area contributed by atoms with E-state index in [1.807, 2.05) is 18.3 Å². The Bertz CT molecular complexity index is 798. The summed E-state index contributed by atoms with van der Waals surface area (Å²) in [4.78, 5) is 2.46. The molecule has 0 spiro atoms. The molecule has 2 aliphatic rings. The molecule has 0 bridgehead atoms. The van der Waals surface area contributed by atoms with Crippen molar-refractivity contribution in [3.63, 3.8) is 0 Å². The molecule has 4 rings (SSSR count). The highest BCUT2D eigenvalue weighted by molar-refractivity contribution is 5.55. The summed E-state index contributed by atoms with van der Waals surface area (Å²) < 4.78 is 13.7. The van der Waals surface area contributed by atoms with Crippen molar-refractivity contribution >= 4 is 11.8 Å². The van der Waals surface area contributed by atoms with Gasteiger partial charge < -0.3 is 5.32 Å². The van der Waals surface area contributed by atoms with Gasteiger partial charge in [0, 0.05) is 38.3 Å². The van der Waals surface area contributed by atoms with Crippen LogP contribution in [0.1, 0.15) is 5.56 Å². The average Bonchev–Trinajstić information content (AvgIpc) is 2.85. The number of nitrogens with zero attached hydrogens (tertiary/aromatic N) is 1. The maximum absolute atomic E-state index is 13.7. The van der Waals surface area contributed by atoms with E-state index in [-0.39, 0.29) is 5.82 Å². The van der Waals surface area contributed by atoms with Crippen LogP contribution in [0.25, 0.3) is 11.8 Å². The molecular formula is C19H19FN2. The van der Waals surface area contributed by atoms with Crippen LogP contribution >= 0.6 is 0 Å². The van der Waals surface area contributed by atoms with Gasteiger partial charge in [-0.05, 0) is 33.7 Å². The van der Waals surface area contributed by atoms with Crippen molar-refractivity contribution in [3.8, 4) is 0 Å². The van der Waals surface area contributed by atoms with Crippen LogP contribution in [0, 0.1) is 11.7 Å². The number of hydrogen-bond acceptors (Lipinski definition) is 2. The van der Waals surface area contributed by atoms with E-state index in [9.17, 15) is 4.39 Å². The highest BCUT2D eigenvalue weighted by atomic mass is 19.1. The summed E-state index contributed by atoms with van der Waals surface area (Å²) in [5.41, 5.74) is 2.70. The van der Waals surface area contributed by atoms with Crippen LogP contribution in [0.15, 0.2) is 48.5 Å². The number of rotatable bonds is 2. The fourth-order valence-corrected chi connectivity index (χ4v) is 3.55. The number of nitrogens with one attached hydrogen (secondary N) is 1. The van der Waals surface area contributed by atoms with E-state index >= 15 is 0 Å². The Hall–Kier alpha value is -2.13. The van der Waals surface area contributed by atoms with Crippen LogP contribution in [0.3, 0.4) is 0 Å². The fraction of sp³-hybridized carbons (Fsp3) is 0.263. The summed E-state index contributed by atoms with van der Waals surface area (Å²) in [7, 11) is 0. The third kappa shape index (κ3) is 2.53. The SMILES string of the molecule is Fc1ccc2c(c1)=C1CN(Cc3ccccc3)CC1CNC=2. The van der Waals surface area contributed by atoms with E-state index in [2.05, 4.69) is 34.5 Å². The summed E-state index contributed by atoms with van der Waals surface area (Å²) in [6, 6.07) is 15.6. The molecule has 3 heteroatoms. The van der Waals surface area contributed by atoms with Gasteiger partial charge in [0.25, 0.3) is 0 Å². The molecule has 1 saturated heterocycles. The van der Waals surface area contributed by atoms with E-state index in [0.717, 1.165) is 36.6 Å². The second-order valence-electron chi connectivity index (χ2n) is 6.16. The van der Waals surface area contributed by atoms with Crippen molar-refractivity contribution in [1.29, 1.82) is 0 Å². The van der Waals surface area contributed by atoms with Gasteiger partial charge >= 0.3 is 0 Å². The van der Waals surface area contributed by atoms with E-state index in [4.69, 9.17) is 0 Å². The maximum atomic E-state index is 13.7. The van der Waals surface area contributed by atoms with Crippen molar-refractivity contribution in [2.45, 2.75) is 6.54 Å². The van der Waals surface area contributed by atoms with Crippen molar-refractivity contribution in [2.75, 3.05) is 19.6 Å². The molecule has 0 aromatic heterocycles. The standard InChI is InChI=1S/C19H19FN2/c20-17-7-6-15-9-21-10-16-12-22(13-19(16)18(15)8-17)11-14-4-2-1-3-5-14/h1-9,16,21H,10-13H2. The summed E-state index contributed by atoms with van der Waals surface area (Å²) in [5.74, 6) is 0.310.